The molecule has 1 unspecified atom stereocenters. The predicted octanol–water partition coefficient (Wildman–Crippen LogP) is 3.52. The van der Waals surface area contributed by atoms with Crippen LogP contribution < -0.4 is 10.9 Å². The molecule has 154 valence electrons. The topological polar surface area (TPSA) is 93.2 Å². The monoisotopic (exact) mass is 428 g/mol. The molecule has 3 aromatic heterocycles. The first-order chi connectivity index (χ1) is 13.5. The fourth-order valence-electron chi connectivity index (χ4n) is 2.48. The van der Waals surface area contributed by atoms with Crippen molar-refractivity contribution in [2.24, 2.45) is 0 Å². The Morgan fingerprint density at radius 1 is 1.24 bits per heavy atom. The van der Waals surface area contributed by atoms with E-state index in [1.54, 1.807) is 19.1 Å². The number of aromatic nitrogens is 3. The summed E-state index contributed by atoms with van der Waals surface area (Å²) in [5.74, 6) is 0.843. The van der Waals surface area contributed by atoms with Crippen LogP contribution in [0, 0.1) is 6.92 Å². The number of aryl methyl sites for hydroxylation is 1. The molecular weight excluding hydrogens is 413 g/mol. The van der Waals surface area contributed by atoms with E-state index in [1.165, 1.54) is 13.1 Å². The molecule has 0 saturated heterocycles. The number of rotatable bonds is 5. The van der Waals surface area contributed by atoms with Crippen LogP contribution in [0.3, 0.4) is 0 Å². The molecule has 0 aliphatic heterocycles. The minimum Gasteiger partial charge on any atom is -0.463 e. The Morgan fingerprint density at radius 2 is 1.97 bits per heavy atom. The molecule has 11 heteroatoms. The second kappa shape index (κ2) is 7.53. The Morgan fingerprint density at radius 3 is 2.52 bits per heavy atom. The van der Waals surface area contributed by atoms with E-state index in [-0.39, 0.29) is 23.1 Å². The number of hydrogen-bond acceptors (Lipinski definition) is 6. The number of aliphatic hydroxyl groups is 1. The van der Waals surface area contributed by atoms with Gasteiger partial charge in [0.2, 0.25) is 0 Å². The van der Waals surface area contributed by atoms with Gasteiger partial charge in [0, 0.05) is 6.20 Å². The summed E-state index contributed by atoms with van der Waals surface area (Å²) in [4.78, 5) is 16.1. The average Bonchev–Trinajstić information content (AvgIpc) is 3.10. The molecule has 7 nitrogen and oxygen atoms in total. The third-order valence-corrected chi connectivity index (χ3v) is 4.47. The number of halogens is 4. The van der Waals surface area contributed by atoms with Crippen molar-refractivity contribution in [3.63, 3.8) is 0 Å². The molecule has 0 aliphatic rings. The van der Waals surface area contributed by atoms with E-state index in [2.05, 4.69) is 15.4 Å². The zero-order valence-electron chi connectivity index (χ0n) is 15.3. The van der Waals surface area contributed by atoms with Gasteiger partial charge in [-0.25, -0.2) is 4.98 Å². The molecule has 0 amide bonds. The number of furan rings is 1. The molecule has 3 rings (SSSR count). The zero-order chi connectivity index (χ0) is 21.4. The minimum atomic E-state index is -4.54. The maximum atomic E-state index is 12.6. The van der Waals surface area contributed by atoms with Crippen molar-refractivity contribution < 1.29 is 22.7 Å². The predicted molar refractivity (Wildman–Crippen MR) is 99.1 cm³/mol. The number of pyridine rings is 1. The lowest BCUT2D eigenvalue weighted by Crippen LogP contribution is -2.31. The van der Waals surface area contributed by atoms with E-state index in [0.29, 0.717) is 17.7 Å². The van der Waals surface area contributed by atoms with Crippen molar-refractivity contribution in [3.05, 3.63) is 69.1 Å². The van der Waals surface area contributed by atoms with Gasteiger partial charge in [-0.2, -0.15) is 23.0 Å². The van der Waals surface area contributed by atoms with Crippen LogP contribution in [-0.2, 0) is 11.8 Å². The first-order valence-electron chi connectivity index (χ1n) is 8.33. The van der Waals surface area contributed by atoms with Crippen molar-refractivity contribution in [1.82, 2.24) is 14.8 Å². The minimum absolute atomic E-state index is 0.0384. The standard InChI is InChI=1S/C18H16ClF3N4O3/c1-10-3-5-13(29-10)17(2,28)9-24-12-8-25-26(16(27)15(12)19)14-6-4-11(7-23-14)18(20,21)22/h3-8,24,28H,9H2,1-2H3. The largest absolute Gasteiger partial charge is 0.463 e. The van der Waals surface area contributed by atoms with Gasteiger partial charge in [0.1, 0.15) is 22.1 Å². The number of nitrogens with zero attached hydrogens (tertiary/aromatic N) is 3. The van der Waals surface area contributed by atoms with Crippen LogP contribution in [-0.4, -0.2) is 26.4 Å². The van der Waals surface area contributed by atoms with Gasteiger partial charge < -0.3 is 14.8 Å². The van der Waals surface area contributed by atoms with Gasteiger partial charge in [-0.15, -0.1) is 0 Å². The highest BCUT2D eigenvalue weighted by Crippen LogP contribution is 2.29. The van der Waals surface area contributed by atoms with Gasteiger partial charge in [-0.3, -0.25) is 4.79 Å². The molecule has 3 aromatic rings. The summed E-state index contributed by atoms with van der Waals surface area (Å²) in [7, 11) is 0. The molecular formula is C18H16ClF3N4O3. The van der Waals surface area contributed by atoms with Gasteiger partial charge in [0.15, 0.2) is 5.82 Å². The lowest BCUT2D eigenvalue weighted by Gasteiger charge is -2.22. The second-order valence-electron chi connectivity index (χ2n) is 6.53. The Labute approximate surface area is 167 Å². The van der Waals surface area contributed by atoms with Gasteiger partial charge in [-0.1, -0.05) is 11.6 Å². The summed E-state index contributed by atoms with van der Waals surface area (Å²) in [5.41, 5.74) is -2.98. The highest BCUT2D eigenvalue weighted by molar-refractivity contribution is 6.32. The van der Waals surface area contributed by atoms with Crippen LogP contribution >= 0.6 is 11.6 Å². The van der Waals surface area contributed by atoms with E-state index in [4.69, 9.17) is 16.0 Å². The van der Waals surface area contributed by atoms with E-state index in [9.17, 15) is 23.1 Å². The van der Waals surface area contributed by atoms with Gasteiger partial charge >= 0.3 is 6.18 Å². The molecule has 1 atom stereocenters. The number of nitrogens with one attached hydrogen (secondary N) is 1. The van der Waals surface area contributed by atoms with Crippen LogP contribution in [0.25, 0.3) is 5.82 Å². The first-order valence-corrected chi connectivity index (χ1v) is 8.71. The van der Waals surface area contributed by atoms with Gasteiger partial charge in [0.05, 0.1) is 24.0 Å². The number of alkyl halides is 3. The third kappa shape index (κ3) is 4.43. The van der Waals surface area contributed by atoms with Crippen molar-refractivity contribution >= 4 is 17.3 Å². The lowest BCUT2D eigenvalue weighted by molar-refractivity contribution is -0.137. The van der Waals surface area contributed by atoms with Gasteiger partial charge in [0.25, 0.3) is 5.56 Å². The van der Waals surface area contributed by atoms with Crippen molar-refractivity contribution in [3.8, 4) is 5.82 Å². The maximum Gasteiger partial charge on any atom is 0.417 e. The van der Waals surface area contributed by atoms with Crippen LogP contribution in [0.4, 0.5) is 18.9 Å². The summed E-state index contributed by atoms with van der Waals surface area (Å²) >= 11 is 6.08. The van der Waals surface area contributed by atoms with Gasteiger partial charge in [-0.05, 0) is 38.1 Å². The smallest absolute Gasteiger partial charge is 0.417 e. The lowest BCUT2D eigenvalue weighted by atomic mass is 10.0. The molecule has 0 saturated carbocycles. The molecule has 0 spiro atoms. The maximum absolute atomic E-state index is 12.6. The molecule has 29 heavy (non-hydrogen) atoms. The normalized spacial score (nSPS) is 13.9. The highest BCUT2D eigenvalue weighted by atomic mass is 35.5. The fraction of sp³-hybridized carbons (Fsp3) is 0.278. The third-order valence-electron chi connectivity index (χ3n) is 4.11. The Bertz CT molecular complexity index is 1080. The van der Waals surface area contributed by atoms with E-state index in [0.717, 1.165) is 16.8 Å². The molecule has 2 N–H and O–H groups in total. The van der Waals surface area contributed by atoms with Crippen LogP contribution in [0.15, 0.2) is 45.9 Å². The van der Waals surface area contributed by atoms with Crippen molar-refractivity contribution in [2.45, 2.75) is 25.6 Å². The molecule has 3 heterocycles. The van der Waals surface area contributed by atoms with E-state index < -0.39 is 22.9 Å². The molecule has 0 aromatic carbocycles. The van der Waals surface area contributed by atoms with Crippen molar-refractivity contribution in [2.75, 3.05) is 11.9 Å². The van der Waals surface area contributed by atoms with E-state index in [1.807, 2.05) is 0 Å². The Balaban J connectivity index is 1.82. The van der Waals surface area contributed by atoms with Crippen molar-refractivity contribution in [1.29, 1.82) is 0 Å². The summed E-state index contributed by atoms with van der Waals surface area (Å²) in [6.07, 6.45) is -2.72. The first kappa shape index (κ1) is 20.9. The highest BCUT2D eigenvalue weighted by Gasteiger charge is 2.31. The Kier molecular flexibility index (Phi) is 5.42. The molecule has 0 fully saturated rings. The zero-order valence-corrected chi connectivity index (χ0v) is 16.0. The molecule has 0 radical (unpaired) electrons. The summed E-state index contributed by atoms with van der Waals surface area (Å²) in [6.45, 7) is 3.22. The van der Waals surface area contributed by atoms with E-state index >= 15 is 0 Å². The Hall–Kier alpha value is -2.85. The quantitative estimate of drug-likeness (QED) is 0.646. The fourth-order valence-corrected chi connectivity index (χ4v) is 2.67. The number of anilines is 1. The summed E-state index contributed by atoms with van der Waals surface area (Å²) in [5, 5.41) is 17.0. The average molecular weight is 429 g/mol. The van der Waals surface area contributed by atoms with Crippen LogP contribution in [0.2, 0.25) is 5.02 Å². The SMILES string of the molecule is Cc1ccc(C(C)(O)CNc2cnn(-c3ccc(C(F)(F)F)cn3)c(=O)c2Cl)o1. The molecule has 0 bridgehead atoms. The summed E-state index contributed by atoms with van der Waals surface area (Å²) < 4.78 is 44.1. The van der Waals surface area contributed by atoms with Crippen LogP contribution in [0.5, 0.6) is 0 Å². The summed E-state index contributed by atoms with van der Waals surface area (Å²) in [6, 6.07) is 5.14. The number of hydrogen-bond donors (Lipinski definition) is 2. The molecule has 0 aliphatic carbocycles. The van der Waals surface area contributed by atoms with Crippen LogP contribution in [0.1, 0.15) is 24.0 Å². The second-order valence-corrected chi connectivity index (χ2v) is 6.91.